The second kappa shape index (κ2) is 5.10. The van der Waals surface area contributed by atoms with Gasteiger partial charge in [-0.1, -0.05) is 31.8 Å². The first kappa shape index (κ1) is 11.9. The van der Waals surface area contributed by atoms with Crippen LogP contribution in [0.5, 0.6) is 0 Å². The number of hydrogen-bond acceptors (Lipinski definition) is 2. The van der Waals surface area contributed by atoms with Gasteiger partial charge in [-0.3, -0.25) is 0 Å². The highest BCUT2D eigenvalue weighted by molar-refractivity contribution is 6.76. The predicted octanol–water partition coefficient (Wildman–Crippen LogP) is 2.42. The van der Waals surface area contributed by atoms with Gasteiger partial charge >= 0.3 is 0 Å². The molecule has 3 heteroatoms. The first-order chi connectivity index (χ1) is 6.47. The van der Waals surface area contributed by atoms with Crippen LogP contribution in [0.1, 0.15) is 12.8 Å². The van der Waals surface area contributed by atoms with E-state index in [1.807, 2.05) is 0 Å². The summed E-state index contributed by atoms with van der Waals surface area (Å²) in [6, 6.07) is 1.21. The molecule has 0 bridgehead atoms. The lowest BCUT2D eigenvalue weighted by Gasteiger charge is -2.12. The maximum atomic E-state index is 9.57. The van der Waals surface area contributed by atoms with Gasteiger partial charge in [0, 0.05) is 14.5 Å². The number of ether oxygens (including phenoxy) is 1. The van der Waals surface area contributed by atoms with E-state index in [1.165, 1.54) is 6.04 Å². The van der Waals surface area contributed by atoms with Gasteiger partial charge in [-0.05, 0) is 12.5 Å². The van der Waals surface area contributed by atoms with Crippen LogP contribution >= 0.6 is 0 Å². The monoisotopic (exact) mass is 214 g/mol. The zero-order valence-electron chi connectivity index (χ0n) is 9.49. The fourth-order valence-electron chi connectivity index (χ4n) is 1.29. The zero-order chi connectivity index (χ0) is 10.6. The SMILES string of the molecule is C[Si](C)(C)C/C=C/C[C@@H](O)C[C@@H]1CO1. The first-order valence-corrected chi connectivity index (χ1v) is 9.13. The van der Waals surface area contributed by atoms with E-state index in [2.05, 4.69) is 31.8 Å². The summed E-state index contributed by atoms with van der Waals surface area (Å²) in [6.45, 7) is 7.90. The molecule has 0 radical (unpaired) electrons. The van der Waals surface area contributed by atoms with Gasteiger partial charge in [0.25, 0.3) is 0 Å². The standard InChI is InChI=1S/C11H22O2Si/c1-14(2,3)7-5-4-6-10(12)8-11-9-13-11/h4-5,10-12H,6-9H2,1-3H3/b5-4+/t10-,11-/m1/s1. The minimum absolute atomic E-state index is 0.208. The summed E-state index contributed by atoms with van der Waals surface area (Å²) in [4.78, 5) is 0. The van der Waals surface area contributed by atoms with E-state index in [1.54, 1.807) is 0 Å². The number of aliphatic hydroxyl groups excluding tert-OH is 1. The van der Waals surface area contributed by atoms with E-state index in [0.717, 1.165) is 19.4 Å². The van der Waals surface area contributed by atoms with Gasteiger partial charge in [-0.2, -0.15) is 0 Å². The van der Waals surface area contributed by atoms with Gasteiger partial charge in [-0.25, -0.2) is 0 Å². The van der Waals surface area contributed by atoms with Crippen LogP contribution in [0.15, 0.2) is 12.2 Å². The normalized spacial score (nSPS) is 24.1. The minimum Gasteiger partial charge on any atom is -0.393 e. The van der Waals surface area contributed by atoms with Crippen molar-refractivity contribution in [2.75, 3.05) is 6.61 Å². The molecule has 82 valence electrons. The Morgan fingerprint density at radius 2 is 2.07 bits per heavy atom. The lowest BCUT2D eigenvalue weighted by Crippen LogP contribution is -2.17. The lowest BCUT2D eigenvalue weighted by atomic mass is 10.1. The third kappa shape index (κ3) is 6.35. The summed E-state index contributed by atoms with van der Waals surface area (Å²) in [7, 11) is -0.942. The van der Waals surface area contributed by atoms with Crippen molar-refractivity contribution in [1.82, 2.24) is 0 Å². The molecule has 2 nitrogen and oxygen atoms in total. The molecule has 0 aliphatic carbocycles. The zero-order valence-corrected chi connectivity index (χ0v) is 10.5. The van der Waals surface area contributed by atoms with Gasteiger partial charge in [0.1, 0.15) is 0 Å². The highest BCUT2D eigenvalue weighted by Crippen LogP contribution is 2.17. The Bertz CT molecular complexity index is 192. The van der Waals surface area contributed by atoms with Crippen LogP contribution in [0, 0.1) is 0 Å². The summed E-state index contributed by atoms with van der Waals surface area (Å²) in [5, 5.41) is 9.57. The minimum atomic E-state index is -0.942. The number of aliphatic hydroxyl groups is 1. The summed E-state index contributed by atoms with van der Waals surface area (Å²) in [5.41, 5.74) is 0. The van der Waals surface area contributed by atoms with Crippen molar-refractivity contribution < 1.29 is 9.84 Å². The van der Waals surface area contributed by atoms with Crippen molar-refractivity contribution in [1.29, 1.82) is 0 Å². The van der Waals surface area contributed by atoms with Crippen molar-refractivity contribution in [2.24, 2.45) is 0 Å². The van der Waals surface area contributed by atoms with Crippen LogP contribution < -0.4 is 0 Å². The fraction of sp³-hybridized carbons (Fsp3) is 0.818. The molecule has 1 N–H and O–H groups in total. The second-order valence-electron chi connectivity index (χ2n) is 5.32. The van der Waals surface area contributed by atoms with Crippen LogP contribution in [-0.2, 0) is 4.74 Å². The molecule has 0 aromatic heterocycles. The van der Waals surface area contributed by atoms with E-state index >= 15 is 0 Å². The fourth-order valence-corrected chi connectivity index (χ4v) is 2.17. The number of hydrogen-bond donors (Lipinski definition) is 1. The smallest absolute Gasteiger partial charge is 0.0834 e. The average molecular weight is 214 g/mol. The largest absolute Gasteiger partial charge is 0.393 e. The molecule has 0 unspecified atom stereocenters. The van der Waals surface area contributed by atoms with Crippen LogP contribution in [-0.4, -0.2) is 32.0 Å². The molecular weight excluding hydrogens is 192 g/mol. The van der Waals surface area contributed by atoms with Crippen LogP contribution in [0.25, 0.3) is 0 Å². The molecule has 2 atom stereocenters. The molecule has 0 saturated carbocycles. The second-order valence-corrected chi connectivity index (χ2v) is 10.8. The van der Waals surface area contributed by atoms with Gasteiger partial charge in [0.2, 0.25) is 0 Å². The predicted molar refractivity (Wildman–Crippen MR) is 62.3 cm³/mol. The molecule has 1 rings (SSSR count). The molecule has 1 aliphatic heterocycles. The molecular formula is C11H22O2Si. The first-order valence-electron chi connectivity index (χ1n) is 5.42. The number of allylic oxidation sites excluding steroid dienone is 1. The molecule has 0 aromatic carbocycles. The van der Waals surface area contributed by atoms with Gasteiger partial charge in [0.05, 0.1) is 18.8 Å². The topological polar surface area (TPSA) is 32.8 Å². The Morgan fingerprint density at radius 1 is 1.43 bits per heavy atom. The van der Waals surface area contributed by atoms with Crippen molar-refractivity contribution >= 4 is 8.07 Å². The van der Waals surface area contributed by atoms with E-state index in [4.69, 9.17) is 4.74 Å². The highest BCUT2D eigenvalue weighted by Gasteiger charge is 2.24. The maximum absolute atomic E-state index is 9.57. The van der Waals surface area contributed by atoms with Gasteiger partial charge in [0.15, 0.2) is 0 Å². The number of rotatable bonds is 6. The molecule has 1 saturated heterocycles. The summed E-state index contributed by atoms with van der Waals surface area (Å²) >= 11 is 0. The maximum Gasteiger partial charge on any atom is 0.0834 e. The van der Waals surface area contributed by atoms with E-state index in [9.17, 15) is 5.11 Å². The summed E-state index contributed by atoms with van der Waals surface area (Å²) in [6.07, 6.45) is 6.06. The van der Waals surface area contributed by atoms with E-state index in [-0.39, 0.29) is 6.10 Å². The number of epoxide rings is 1. The van der Waals surface area contributed by atoms with Crippen LogP contribution in [0.3, 0.4) is 0 Å². The van der Waals surface area contributed by atoms with Crippen molar-refractivity contribution in [2.45, 2.75) is 50.7 Å². The molecule has 0 spiro atoms. The quantitative estimate of drug-likeness (QED) is 0.418. The molecule has 0 amide bonds. The molecule has 1 heterocycles. The lowest BCUT2D eigenvalue weighted by molar-refractivity contribution is 0.155. The Kier molecular flexibility index (Phi) is 4.35. The van der Waals surface area contributed by atoms with Gasteiger partial charge < -0.3 is 9.84 Å². The molecule has 0 aromatic rings. The van der Waals surface area contributed by atoms with E-state index in [0.29, 0.717) is 6.10 Å². The Morgan fingerprint density at radius 3 is 2.57 bits per heavy atom. The third-order valence-corrected chi connectivity index (χ3v) is 3.70. The van der Waals surface area contributed by atoms with Crippen molar-refractivity contribution in [3.8, 4) is 0 Å². The van der Waals surface area contributed by atoms with Crippen molar-refractivity contribution in [3.63, 3.8) is 0 Å². The van der Waals surface area contributed by atoms with Gasteiger partial charge in [-0.15, -0.1) is 0 Å². The molecule has 1 aliphatic rings. The molecule has 1 fully saturated rings. The summed E-state index contributed by atoms with van der Waals surface area (Å²) in [5.74, 6) is 0. The Balaban J connectivity index is 2.05. The summed E-state index contributed by atoms with van der Waals surface area (Å²) < 4.78 is 5.06. The Hall–Kier alpha value is -0.123. The average Bonchev–Trinajstić information content (AvgIpc) is 2.80. The highest BCUT2D eigenvalue weighted by atomic mass is 28.3. The Labute approximate surface area is 88.0 Å². The molecule has 14 heavy (non-hydrogen) atoms. The van der Waals surface area contributed by atoms with E-state index < -0.39 is 8.07 Å². The van der Waals surface area contributed by atoms with Crippen LogP contribution in [0.4, 0.5) is 0 Å². The van der Waals surface area contributed by atoms with Crippen LogP contribution in [0.2, 0.25) is 25.7 Å². The van der Waals surface area contributed by atoms with Crippen molar-refractivity contribution in [3.05, 3.63) is 12.2 Å². The third-order valence-electron chi connectivity index (χ3n) is 2.24.